The van der Waals surface area contributed by atoms with Gasteiger partial charge in [0.1, 0.15) is 0 Å². The molecule has 102 valence electrons. The van der Waals surface area contributed by atoms with E-state index < -0.39 is 0 Å². The molecule has 0 saturated heterocycles. The monoisotopic (exact) mass is 265 g/mol. The molecule has 0 bridgehead atoms. The van der Waals surface area contributed by atoms with Gasteiger partial charge in [-0.25, -0.2) is 0 Å². The molecule has 3 heteroatoms. The first kappa shape index (κ1) is 14.1. The highest BCUT2D eigenvalue weighted by atomic mass is 15.1. The minimum Gasteiger partial charge on any atom is -0.398 e. The summed E-state index contributed by atoms with van der Waals surface area (Å²) < 4.78 is 0. The van der Waals surface area contributed by atoms with Crippen molar-refractivity contribution in [3.05, 3.63) is 65.2 Å². The zero-order valence-electron chi connectivity index (χ0n) is 11.7. The molecule has 0 aliphatic carbocycles. The molecule has 0 aromatic heterocycles. The molecule has 20 heavy (non-hydrogen) atoms. The molecule has 0 fully saturated rings. The van der Waals surface area contributed by atoms with E-state index in [0.29, 0.717) is 5.56 Å². The van der Waals surface area contributed by atoms with E-state index in [-0.39, 0.29) is 0 Å². The molecule has 2 aromatic carbocycles. The van der Waals surface area contributed by atoms with Crippen LogP contribution < -0.4 is 5.73 Å². The van der Waals surface area contributed by atoms with Gasteiger partial charge in [-0.3, -0.25) is 4.90 Å². The summed E-state index contributed by atoms with van der Waals surface area (Å²) in [5.41, 5.74) is 9.71. The average Bonchev–Trinajstić information content (AvgIpc) is 2.49. The molecule has 2 rings (SSSR count). The van der Waals surface area contributed by atoms with Crippen molar-refractivity contribution in [1.82, 2.24) is 4.90 Å². The van der Waals surface area contributed by atoms with Gasteiger partial charge in [0.05, 0.1) is 11.6 Å². The summed E-state index contributed by atoms with van der Waals surface area (Å²) in [5.74, 6) is 0. The maximum Gasteiger partial charge on any atom is 0.0991 e. The molecule has 0 atom stereocenters. The third-order valence-corrected chi connectivity index (χ3v) is 3.36. The summed E-state index contributed by atoms with van der Waals surface area (Å²) in [7, 11) is 0. The van der Waals surface area contributed by atoms with Gasteiger partial charge in [0.15, 0.2) is 0 Å². The summed E-state index contributed by atoms with van der Waals surface area (Å²) in [6.07, 6.45) is 0. The molecule has 0 aliphatic rings. The third-order valence-electron chi connectivity index (χ3n) is 3.36. The summed E-state index contributed by atoms with van der Waals surface area (Å²) in [5, 5.41) is 8.98. The Balaban J connectivity index is 2.12. The first-order valence-electron chi connectivity index (χ1n) is 6.77. The molecule has 2 aromatic rings. The molecule has 0 saturated carbocycles. The van der Waals surface area contributed by atoms with Crippen molar-refractivity contribution in [2.24, 2.45) is 0 Å². The van der Waals surface area contributed by atoms with E-state index in [0.717, 1.165) is 30.9 Å². The predicted molar refractivity (Wildman–Crippen MR) is 81.8 cm³/mol. The Morgan fingerprint density at radius 3 is 2.50 bits per heavy atom. The number of nitrogen functional groups attached to an aromatic ring is 1. The van der Waals surface area contributed by atoms with E-state index in [9.17, 15) is 0 Å². The fourth-order valence-corrected chi connectivity index (χ4v) is 2.17. The van der Waals surface area contributed by atoms with Gasteiger partial charge < -0.3 is 5.73 Å². The Bertz CT molecular complexity index is 599. The number of rotatable bonds is 5. The third kappa shape index (κ3) is 3.59. The molecule has 0 amide bonds. The zero-order valence-corrected chi connectivity index (χ0v) is 11.7. The van der Waals surface area contributed by atoms with E-state index in [4.69, 9.17) is 11.0 Å². The topological polar surface area (TPSA) is 53.0 Å². The Hall–Kier alpha value is -2.31. The van der Waals surface area contributed by atoms with Crippen LogP contribution in [0.5, 0.6) is 0 Å². The van der Waals surface area contributed by atoms with Crippen LogP contribution >= 0.6 is 0 Å². The highest BCUT2D eigenvalue weighted by Crippen LogP contribution is 2.17. The normalized spacial score (nSPS) is 10.4. The number of nitrogens with zero attached hydrogens (tertiary/aromatic N) is 2. The van der Waals surface area contributed by atoms with Crippen molar-refractivity contribution in [2.75, 3.05) is 12.3 Å². The van der Waals surface area contributed by atoms with Gasteiger partial charge in [-0.15, -0.1) is 0 Å². The number of hydrogen-bond acceptors (Lipinski definition) is 3. The summed E-state index contributed by atoms with van der Waals surface area (Å²) in [6, 6.07) is 18.0. The van der Waals surface area contributed by atoms with Crippen LogP contribution in [0.4, 0.5) is 5.69 Å². The van der Waals surface area contributed by atoms with Gasteiger partial charge in [-0.1, -0.05) is 37.3 Å². The van der Waals surface area contributed by atoms with Crippen LogP contribution in [0.2, 0.25) is 0 Å². The molecule has 3 nitrogen and oxygen atoms in total. The van der Waals surface area contributed by atoms with Gasteiger partial charge >= 0.3 is 0 Å². The molecular formula is C17H19N3. The lowest BCUT2D eigenvalue weighted by Gasteiger charge is -2.21. The van der Waals surface area contributed by atoms with E-state index in [1.807, 2.05) is 30.3 Å². The van der Waals surface area contributed by atoms with Crippen molar-refractivity contribution >= 4 is 5.69 Å². The molecule has 0 aliphatic heterocycles. The number of benzene rings is 2. The summed E-state index contributed by atoms with van der Waals surface area (Å²) >= 11 is 0. The first-order valence-corrected chi connectivity index (χ1v) is 6.77. The van der Waals surface area contributed by atoms with Crippen LogP contribution in [-0.4, -0.2) is 11.4 Å². The molecule has 0 heterocycles. The van der Waals surface area contributed by atoms with Crippen LogP contribution in [-0.2, 0) is 13.1 Å². The van der Waals surface area contributed by atoms with E-state index >= 15 is 0 Å². The van der Waals surface area contributed by atoms with Crippen LogP contribution in [0.25, 0.3) is 0 Å². The van der Waals surface area contributed by atoms with E-state index in [2.05, 4.69) is 30.0 Å². The molecule has 0 radical (unpaired) electrons. The smallest absolute Gasteiger partial charge is 0.0991 e. The predicted octanol–water partition coefficient (Wildman–Crippen LogP) is 3.16. The average molecular weight is 265 g/mol. The minimum atomic E-state index is 0.657. The second kappa shape index (κ2) is 6.74. The summed E-state index contributed by atoms with van der Waals surface area (Å²) in [6.45, 7) is 4.71. The van der Waals surface area contributed by atoms with Crippen molar-refractivity contribution < 1.29 is 0 Å². The number of nitrogens with two attached hydrogens (primary N) is 1. The van der Waals surface area contributed by atoms with Crippen molar-refractivity contribution in [3.8, 4) is 6.07 Å². The second-order valence-electron chi connectivity index (χ2n) is 4.81. The fraction of sp³-hybridized carbons (Fsp3) is 0.235. The van der Waals surface area contributed by atoms with Crippen LogP contribution in [0.15, 0.2) is 48.5 Å². The van der Waals surface area contributed by atoms with E-state index in [1.54, 1.807) is 6.07 Å². The minimum absolute atomic E-state index is 0.657. The first-order chi connectivity index (χ1) is 9.72. The van der Waals surface area contributed by atoms with Gasteiger partial charge in [-0.2, -0.15) is 5.26 Å². The lowest BCUT2D eigenvalue weighted by atomic mass is 10.1. The zero-order chi connectivity index (χ0) is 14.4. The largest absolute Gasteiger partial charge is 0.398 e. The lowest BCUT2D eigenvalue weighted by Crippen LogP contribution is -2.22. The van der Waals surface area contributed by atoms with E-state index in [1.165, 1.54) is 5.56 Å². The highest BCUT2D eigenvalue weighted by molar-refractivity contribution is 5.51. The second-order valence-corrected chi connectivity index (χ2v) is 4.81. The lowest BCUT2D eigenvalue weighted by molar-refractivity contribution is 0.272. The molecule has 0 spiro atoms. The standard InChI is InChI=1S/C17H19N3/c1-2-20(12-14-6-4-3-5-7-14)13-16-10-15(11-18)8-9-17(16)19/h3-10H,2,12-13,19H2,1H3. The van der Waals surface area contributed by atoms with Crippen molar-refractivity contribution in [3.63, 3.8) is 0 Å². The SMILES string of the molecule is CCN(Cc1ccccc1)Cc1cc(C#N)ccc1N. The van der Waals surface area contributed by atoms with Crippen LogP contribution in [0.3, 0.4) is 0 Å². The number of anilines is 1. The van der Waals surface area contributed by atoms with Crippen LogP contribution in [0, 0.1) is 11.3 Å². The van der Waals surface area contributed by atoms with Crippen molar-refractivity contribution in [2.45, 2.75) is 20.0 Å². The summed E-state index contributed by atoms with van der Waals surface area (Å²) in [4.78, 5) is 2.31. The van der Waals surface area contributed by atoms with Gasteiger partial charge in [0.25, 0.3) is 0 Å². The fourth-order valence-electron chi connectivity index (χ4n) is 2.17. The Labute approximate surface area is 120 Å². The number of nitriles is 1. The van der Waals surface area contributed by atoms with Gasteiger partial charge in [0, 0.05) is 18.8 Å². The highest BCUT2D eigenvalue weighted by Gasteiger charge is 2.08. The molecular weight excluding hydrogens is 246 g/mol. The Morgan fingerprint density at radius 1 is 1.10 bits per heavy atom. The Kier molecular flexibility index (Phi) is 4.75. The number of hydrogen-bond donors (Lipinski definition) is 1. The quantitative estimate of drug-likeness (QED) is 0.845. The molecule has 2 N–H and O–H groups in total. The van der Waals surface area contributed by atoms with Gasteiger partial charge in [0.2, 0.25) is 0 Å². The van der Waals surface area contributed by atoms with Crippen LogP contribution in [0.1, 0.15) is 23.6 Å². The Morgan fingerprint density at radius 2 is 1.85 bits per heavy atom. The van der Waals surface area contributed by atoms with Gasteiger partial charge in [-0.05, 0) is 35.9 Å². The van der Waals surface area contributed by atoms with Crippen molar-refractivity contribution in [1.29, 1.82) is 5.26 Å². The maximum atomic E-state index is 8.98. The molecule has 0 unspecified atom stereocenters. The maximum absolute atomic E-state index is 8.98.